The highest BCUT2D eigenvalue weighted by Gasteiger charge is 2.43. The van der Waals surface area contributed by atoms with Crippen LogP contribution in [0.5, 0.6) is 5.75 Å². The van der Waals surface area contributed by atoms with Crippen LogP contribution >= 0.6 is 0 Å². The SMILES string of the molecule is CC[C@]1(C)NC(=O)[C@H](CCCCO)NC(=O)[C@H]2CCCN2C(=O)[C@H](Cc2ccc(OCC(=O)OC)cc2)NC1=O. The first-order chi connectivity index (χ1) is 19.1. The van der Waals surface area contributed by atoms with Crippen LogP contribution in [0.1, 0.15) is 57.9 Å². The van der Waals surface area contributed by atoms with Gasteiger partial charge in [0, 0.05) is 19.6 Å². The summed E-state index contributed by atoms with van der Waals surface area (Å²) in [6, 6.07) is 4.13. The molecule has 2 heterocycles. The Morgan fingerprint density at radius 1 is 1.07 bits per heavy atom. The summed E-state index contributed by atoms with van der Waals surface area (Å²) >= 11 is 0. The minimum Gasteiger partial charge on any atom is -0.482 e. The third-order valence-corrected chi connectivity index (χ3v) is 7.53. The second kappa shape index (κ2) is 14.1. The van der Waals surface area contributed by atoms with E-state index >= 15 is 0 Å². The number of fused-ring (bicyclic) bond motifs is 1. The van der Waals surface area contributed by atoms with Crippen molar-refractivity contribution in [2.24, 2.45) is 0 Å². The number of unbranched alkanes of at least 4 members (excludes halogenated alkanes) is 1. The summed E-state index contributed by atoms with van der Waals surface area (Å²) in [4.78, 5) is 66.8. The lowest BCUT2D eigenvalue weighted by atomic mass is 9.94. The Bertz CT molecular complexity index is 1080. The molecular formula is C28H40N4O8. The predicted octanol–water partition coefficient (Wildman–Crippen LogP) is 0.203. The molecule has 0 bridgehead atoms. The number of hydrogen-bond donors (Lipinski definition) is 4. The molecule has 0 aliphatic carbocycles. The van der Waals surface area contributed by atoms with Gasteiger partial charge in [0.05, 0.1) is 7.11 Å². The third kappa shape index (κ3) is 7.71. The van der Waals surface area contributed by atoms with E-state index in [0.717, 1.165) is 5.56 Å². The van der Waals surface area contributed by atoms with Gasteiger partial charge in [-0.3, -0.25) is 19.2 Å². The van der Waals surface area contributed by atoms with Crippen LogP contribution in [0.25, 0.3) is 0 Å². The van der Waals surface area contributed by atoms with Crippen LogP contribution in [0.4, 0.5) is 0 Å². The minimum absolute atomic E-state index is 0.0348. The van der Waals surface area contributed by atoms with Crippen molar-refractivity contribution in [3.05, 3.63) is 29.8 Å². The number of benzene rings is 1. The fraction of sp³-hybridized carbons (Fsp3) is 0.607. The lowest BCUT2D eigenvalue weighted by Gasteiger charge is -2.36. The molecule has 0 saturated carbocycles. The Morgan fingerprint density at radius 3 is 2.45 bits per heavy atom. The molecule has 12 nitrogen and oxygen atoms in total. The molecule has 2 fully saturated rings. The van der Waals surface area contributed by atoms with Crippen molar-refractivity contribution in [1.29, 1.82) is 0 Å². The number of aliphatic hydroxyl groups is 1. The van der Waals surface area contributed by atoms with Crippen LogP contribution < -0.4 is 20.7 Å². The standard InChI is InChI=1S/C28H40N4O8/c1-4-28(2)27(38)30-21(16-18-10-12-19(13-11-18)40-17-23(34)39-3)26(37)32-14-7-9-22(32)25(36)29-20(24(35)31-28)8-5-6-15-33/h10-13,20-22,33H,4-9,14-17H2,1-3H3,(H,29,36)(H,30,38)(H,31,35)/t20-,21-,22+,28-/m0/s1. The van der Waals surface area contributed by atoms with E-state index in [1.165, 1.54) is 12.0 Å². The number of aliphatic hydroxyl groups excluding tert-OH is 1. The van der Waals surface area contributed by atoms with E-state index in [2.05, 4.69) is 20.7 Å². The number of esters is 1. The molecule has 0 unspecified atom stereocenters. The summed E-state index contributed by atoms with van der Waals surface area (Å²) in [5.41, 5.74) is -0.604. The van der Waals surface area contributed by atoms with Crippen molar-refractivity contribution in [1.82, 2.24) is 20.9 Å². The van der Waals surface area contributed by atoms with Crippen molar-refractivity contribution in [3.8, 4) is 5.75 Å². The highest BCUT2D eigenvalue weighted by Crippen LogP contribution is 2.23. The van der Waals surface area contributed by atoms with Gasteiger partial charge < -0.3 is 35.4 Å². The Balaban J connectivity index is 1.87. The quantitative estimate of drug-likeness (QED) is 0.233. The van der Waals surface area contributed by atoms with Crippen molar-refractivity contribution in [2.45, 2.75) is 82.5 Å². The number of nitrogens with one attached hydrogen (secondary N) is 3. The van der Waals surface area contributed by atoms with Crippen LogP contribution in [0.15, 0.2) is 24.3 Å². The molecule has 220 valence electrons. The molecule has 4 amide bonds. The Kier molecular flexibility index (Phi) is 10.9. The minimum atomic E-state index is -1.33. The highest BCUT2D eigenvalue weighted by atomic mass is 16.6. The van der Waals surface area contributed by atoms with Crippen molar-refractivity contribution < 1.29 is 38.6 Å². The topological polar surface area (TPSA) is 163 Å². The molecule has 1 aromatic rings. The zero-order valence-electron chi connectivity index (χ0n) is 23.4. The summed E-state index contributed by atoms with van der Waals surface area (Å²) in [7, 11) is 1.27. The zero-order valence-corrected chi connectivity index (χ0v) is 23.4. The zero-order chi connectivity index (χ0) is 29.3. The van der Waals surface area contributed by atoms with E-state index in [0.29, 0.717) is 44.4 Å². The van der Waals surface area contributed by atoms with E-state index < -0.39 is 47.4 Å². The lowest BCUT2D eigenvalue weighted by Crippen LogP contribution is -2.65. The molecule has 0 radical (unpaired) electrons. The monoisotopic (exact) mass is 560 g/mol. The Labute approximate surface area is 234 Å². The molecule has 0 aromatic heterocycles. The number of carbonyl (C=O) groups excluding carboxylic acids is 5. The van der Waals surface area contributed by atoms with Crippen molar-refractivity contribution >= 4 is 29.6 Å². The maximum Gasteiger partial charge on any atom is 0.343 e. The average molecular weight is 561 g/mol. The molecule has 2 saturated heterocycles. The normalized spacial score (nSPS) is 25.6. The van der Waals surface area contributed by atoms with Gasteiger partial charge in [-0.05, 0) is 63.1 Å². The first-order valence-electron chi connectivity index (χ1n) is 13.7. The van der Waals surface area contributed by atoms with Crippen molar-refractivity contribution in [3.63, 3.8) is 0 Å². The van der Waals surface area contributed by atoms with Crippen LogP contribution in [0.3, 0.4) is 0 Å². The first-order valence-corrected chi connectivity index (χ1v) is 13.7. The molecule has 1 aromatic carbocycles. The predicted molar refractivity (Wildman–Crippen MR) is 144 cm³/mol. The maximum absolute atomic E-state index is 13.8. The largest absolute Gasteiger partial charge is 0.482 e. The summed E-state index contributed by atoms with van der Waals surface area (Å²) in [6.07, 6.45) is 2.73. The number of hydrogen-bond acceptors (Lipinski definition) is 8. The second-order valence-electron chi connectivity index (χ2n) is 10.4. The number of carbonyl (C=O) groups is 5. The number of ether oxygens (including phenoxy) is 2. The third-order valence-electron chi connectivity index (χ3n) is 7.53. The number of nitrogens with zero attached hydrogens (tertiary/aromatic N) is 1. The molecule has 2 aliphatic rings. The smallest absolute Gasteiger partial charge is 0.343 e. The number of rotatable bonds is 10. The van der Waals surface area contributed by atoms with Gasteiger partial charge in [-0.25, -0.2) is 4.79 Å². The first kappa shape index (κ1) is 30.9. The summed E-state index contributed by atoms with van der Waals surface area (Å²) in [5.74, 6) is -1.85. The van der Waals surface area contributed by atoms with Gasteiger partial charge >= 0.3 is 5.97 Å². The summed E-state index contributed by atoms with van der Waals surface area (Å²) in [6.45, 7) is 3.43. The van der Waals surface area contributed by atoms with E-state index in [9.17, 15) is 24.0 Å². The van der Waals surface area contributed by atoms with E-state index in [1.54, 1.807) is 38.1 Å². The van der Waals surface area contributed by atoms with Gasteiger partial charge in [-0.2, -0.15) is 0 Å². The molecule has 40 heavy (non-hydrogen) atoms. The van der Waals surface area contributed by atoms with Gasteiger partial charge in [0.25, 0.3) is 0 Å². The molecule has 12 heteroatoms. The molecule has 4 atom stereocenters. The maximum atomic E-state index is 13.8. The van der Waals surface area contributed by atoms with Gasteiger partial charge in [0.1, 0.15) is 29.4 Å². The lowest BCUT2D eigenvalue weighted by molar-refractivity contribution is -0.144. The Morgan fingerprint density at radius 2 is 1.80 bits per heavy atom. The van der Waals surface area contributed by atoms with Gasteiger partial charge in [-0.1, -0.05) is 19.1 Å². The van der Waals surface area contributed by atoms with E-state index in [1.807, 2.05) is 0 Å². The van der Waals surface area contributed by atoms with Gasteiger partial charge in [0.2, 0.25) is 23.6 Å². The highest BCUT2D eigenvalue weighted by molar-refractivity contribution is 5.99. The van der Waals surface area contributed by atoms with Gasteiger partial charge in [-0.15, -0.1) is 0 Å². The molecule has 0 spiro atoms. The fourth-order valence-corrected chi connectivity index (χ4v) is 4.84. The van der Waals surface area contributed by atoms with Crippen LogP contribution in [0, 0.1) is 0 Å². The van der Waals surface area contributed by atoms with Crippen LogP contribution in [0.2, 0.25) is 0 Å². The summed E-state index contributed by atoms with van der Waals surface area (Å²) < 4.78 is 9.95. The van der Waals surface area contributed by atoms with E-state index in [-0.39, 0.29) is 32.0 Å². The molecular weight excluding hydrogens is 520 g/mol. The molecule has 3 rings (SSSR count). The summed E-state index contributed by atoms with van der Waals surface area (Å²) in [5, 5.41) is 17.6. The molecule has 4 N–H and O–H groups in total. The molecule has 2 aliphatic heterocycles. The Hall–Kier alpha value is -3.67. The number of amides is 4. The van der Waals surface area contributed by atoms with E-state index in [4.69, 9.17) is 9.84 Å². The van der Waals surface area contributed by atoms with Crippen LogP contribution in [-0.4, -0.2) is 90.1 Å². The van der Waals surface area contributed by atoms with Gasteiger partial charge in [0.15, 0.2) is 6.61 Å². The average Bonchev–Trinajstić information content (AvgIpc) is 3.45. The number of methoxy groups -OCH3 is 1. The van der Waals surface area contributed by atoms with Crippen molar-refractivity contribution in [2.75, 3.05) is 26.9 Å². The fourth-order valence-electron chi connectivity index (χ4n) is 4.84. The van der Waals surface area contributed by atoms with Crippen LogP contribution in [-0.2, 0) is 35.1 Å². The second-order valence-corrected chi connectivity index (χ2v) is 10.4.